The zero-order valence-corrected chi connectivity index (χ0v) is 10.9. The Kier molecular flexibility index (Phi) is 6.62. The summed E-state index contributed by atoms with van der Waals surface area (Å²) in [6.07, 6.45) is 5.02. The summed E-state index contributed by atoms with van der Waals surface area (Å²) in [7, 11) is 0. The number of carbonyl (C=O) groups excluding carboxylic acids is 1. The van der Waals surface area contributed by atoms with Crippen molar-refractivity contribution in [3.63, 3.8) is 0 Å². The van der Waals surface area contributed by atoms with Crippen LogP contribution < -0.4 is 0 Å². The fourth-order valence-corrected chi connectivity index (χ4v) is 1.51. The molecule has 0 fully saturated rings. The molecular weight excluding hydrogens is 188 g/mol. The van der Waals surface area contributed by atoms with Gasteiger partial charge in [0.15, 0.2) is 0 Å². The highest BCUT2D eigenvalue weighted by Gasteiger charge is 2.21. The molecule has 0 amide bonds. The molecule has 2 heteroatoms. The first-order valence-electron chi connectivity index (χ1n) is 6.13. The van der Waals surface area contributed by atoms with E-state index >= 15 is 0 Å². The van der Waals surface area contributed by atoms with Crippen molar-refractivity contribution < 1.29 is 9.53 Å². The molecule has 0 aliphatic heterocycles. The van der Waals surface area contributed by atoms with Crippen molar-refractivity contribution in [1.82, 2.24) is 0 Å². The summed E-state index contributed by atoms with van der Waals surface area (Å²) in [5.74, 6) is 0.686. The van der Waals surface area contributed by atoms with E-state index in [1.807, 2.05) is 20.8 Å². The van der Waals surface area contributed by atoms with Crippen molar-refractivity contribution in [3.8, 4) is 0 Å². The van der Waals surface area contributed by atoms with Gasteiger partial charge >= 0.3 is 5.97 Å². The third-order valence-corrected chi connectivity index (χ3v) is 2.85. The molecule has 0 aromatic rings. The summed E-state index contributed by atoms with van der Waals surface area (Å²) in [5.41, 5.74) is -0.291. The standard InChI is InChI=1S/C13H26O2/c1-6-11(3)9-8-10-13(4,5)15-12(14)7-2/h11H,6-10H2,1-5H3. The van der Waals surface area contributed by atoms with Gasteiger partial charge in [-0.05, 0) is 32.6 Å². The number of esters is 1. The van der Waals surface area contributed by atoms with Crippen LogP contribution in [0.2, 0.25) is 0 Å². The summed E-state index contributed by atoms with van der Waals surface area (Å²) in [4.78, 5) is 11.2. The molecular formula is C13H26O2. The van der Waals surface area contributed by atoms with Crippen LogP contribution in [-0.4, -0.2) is 11.6 Å². The average molecular weight is 214 g/mol. The third-order valence-electron chi connectivity index (χ3n) is 2.85. The zero-order valence-electron chi connectivity index (χ0n) is 10.9. The lowest BCUT2D eigenvalue weighted by atomic mass is 9.95. The van der Waals surface area contributed by atoms with Gasteiger partial charge in [0.25, 0.3) is 0 Å². The van der Waals surface area contributed by atoms with Crippen LogP contribution in [0.25, 0.3) is 0 Å². The Bertz CT molecular complexity index is 185. The highest BCUT2D eigenvalue weighted by Crippen LogP contribution is 2.21. The molecule has 1 atom stereocenters. The van der Waals surface area contributed by atoms with E-state index in [2.05, 4.69) is 13.8 Å². The van der Waals surface area contributed by atoms with Gasteiger partial charge in [0.1, 0.15) is 5.60 Å². The maximum absolute atomic E-state index is 11.2. The van der Waals surface area contributed by atoms with E-state index in [0.29, 0.717) is 6.42 Å². The van der Waals surface area contributed by atoms with Crippen molar-refractivity contribution in [2.24, 2.45) is 5.92 Å². The first-order chi connectivity index (χ1) is 6.91. The average Bonchev–Trinajstić information content (AvgIpc) is 2.16. The van der Waals surface area contributed by atoms with Gasteiger partial charge in [-0.15, -0.1) is 0 Å². The SMILES string of the molecule is CCC(=O)OC(C)(C)CCCC(C)CC. The van der Waals surface area contributed by atoms with E-state index < -0.39 is 0 Å². The van der Waals surface area contributed by atoms with E-state index in [1.165, 1.54) is 12.8 Å². The second-order valence-corrected chi connectivity index (χ2v) is 4.99. The Balaban J connectivity index is 3.78. The molecule has 1 unspecified atom stereocenters. The summed E-state index contributed by atoms with van der Waals surface area (Å²) >= 11 is 0. The van der Waals surface area contributed by atoms with Crippen molar-refractivity contribution in [2.45, 2.75) is 72.3 Å². The minimum Gasteiger partial charge on any atom is -0.460 e. The second kappa shape index (κ2) is 6.86. The summed E-state index contributed by atoms with van der Waals surface area (Å²) in [6.45, 7) is 10.3. The first-order valence-corrected chi connectivity index (χ1v) is 6.13. The Labute approximate surface area is 94.4 Å². The molecule has 0 aliphatic rings. The number of hydrogen-bond acceptors (Lipinski definition) is 2. The molecule has 0 N–H and O–H groups in total. The Morgan fingerprint density at radius 1 is 1.33 bits per heavy atom. The molecule has 0 radical (unpaired) electrons. The molecule has 0 spiro atoms. The first kappa shape index (κ1) is 14.5. The van der Waals surface area contributed by atoms with Crippen LogP contribution >= 0.6 is 0 Å². The van der Waals surface area contributed by atoms with Crippen LogP contribution in [0.15, 0.2) is 0 Å². The van der Waals surface area contributed by atoms with Crippen LogP contribution in [0.1, 0.15) is 66.7 Å². The van der Waals surface area contributed by atoms with Crippen LogP contribution in [0.3, 0.4) is 0 Å². The zero-order chi connectivity index (χ0) is 11.9. The van der Waals surface area contributed by atoms with Crippen molar-refractivity contribution >= 4 is 5.97 Å². The lowest BCUT2D eigenvalue weighted by Gasteiger charge is -2.25. The summed E-state index contributed by atoms with van der Waals surface area (Å²) in [6, 6.07) is 0. The van der Waals surface area contributed by atoms with Crippen molar-refractivity contribution in [1.29, 1.82) is 0 Å². The van der Waals surface area contributed by atoms with E-state index in [9.17, 15) is 4.79 Å². The van der Waals surface area contributed by atoms with Gasteiger partial charge in [0.05, 0.1) is 0 Å². The summed E-state index contributed by atoms with van der Waals surface area (Å²) in [5, 5.41) is 0. The predicted octanol–water partition coefficient (Wildman–Crippen LogP) is 3.93. The lowest BCUT2D eigenvalue weighted by molar-refractivity contribution is -0.156. The maximum Gasteiger partial charge on any atom is 0.306 e. The Morgan fingerprint density at radius 2 is 1.93 bits per heavy atom. The molecule has 0 saturated heterocycles. The highest BCUT2D eigenvalue weighted by molar-refractivity contribution is 5.69. The molecule has 0 rings (SSSR count). The number of hydrogen-bond donors (Lipinski definition) is 0. The predicted molar refractivity (Wildman–Crippen MR) is 63.8 cm³/mol. The largest absolute Gasteiger partial charge is 0.460 e. The van der Waals surface area contributed by atoms with Crippen molar-refractivity contribution in [3.05, 3.63) is 0 Å². The molecule has 0 aromatic heterocycles. The molecule has 0 bridgehead atoms. The number of ether oxygens (including phenoxy) is 1. The molecule has 90 valence electrons. The van der Waals surface area contributed by atoms with E-state index in [4.69, 9.17) is 4.74 Å². The van der Waals surface area contributed by atoms with Crippen LogP contribution in [-0.2, 0) is 9.53 Å². The van der Waals surface area contributed by atoms with Gasteiger partial charge in [0, 0.05) is 6.42 Å². The molecule has 0 aliphatic carbocycles. The highest BCUT2D eigenvalue weighted by atomic mass is 16.6. The fourth-order valence-electron chi connectivity index (χ4n) is 1.51. The minimum atomic E-state index is -0.291. The molecule has 15 heavy (non-hydrogen) atoms. The van der Waals surface area contributed by atoms with Gasteiger partial charge in [-0.3, -0.25) is 4.79 Å². The van der Waals surface area contributed by atoms with Gasteiger partial charge in [-0.25, -0.2) is 0 Å². The normalized spacial score (nSPS) is 13.7. The van der Waals surface area contributed by atoms with E-state index in [0.717, 1.165) is 18.8 Å². The topological polar surface area (TPSA) is 26.3 Å². The van der Waals surface area contributed by atoms with Crippen LogP contribution in [0, 0.1) is 5.92 Å². The van der Waals surface area contributed by atoms with Gasteiger partial charge in [-0.1, -0.05) is 33.6 Å². The smallest absolute Gasteiger partial charge is 0.306 e. The van der Waals surface area contributed by atoms with Crippen LogP contribution in [0.5, 0.6) is 0 Å². The maximum atomic E-state index is 11.2. The monoisotopic (exact) mass is 214 g/mol. The van der Waals surface area contributed by atoms with E-state index in [-0.39, 0.29) is 11.6 Å². The lowest BCUT2D eigenvalue weighted by Crippen LogP contribution is -2.27. The Morgan fingerprint density at radius 3 is 2.40 bits per heavy atom. The van der Waals surface area contributed by atoms with Gasteiger partial charge in [-0.2, -0.15) is 0 Å². The Hall–Kier alpha value is -0.530. The molecule has 2 nitrogen and oxygen atoms in total. The molecule has 0 aromatic carbocycles. The molecule has 0 heterocycles. The second-order valence-electron chi connectivity index (χ2n) is 4.99. The van der Waals surface area contributed by atoms with Gasteiger partial charge < -0.3 is 4.74 Å². The minimum absolute atomic E-state index is 0.0939. The fraction of sp³-hybridized carbons (Fsp3) is 0.923. The summed E-state index contributed by atoms with van der Waals surface area (Å²) < 4.78 is 5.36. The van der Waals surface area contributed by atoms with Crippen molar-refractivity contribution in [2.75, 3.05) is 0 Å². The van der Waals surface area contributed by atoms with Gasteiger partial charge in [0.2, 0.25) is 0 Å². The third kappa shape index (κ3) is 7.40. The molecule has 0 saturated carbocycles. The number of rotatable bonds is 7. The van der Waals surface area contributed by atoms with Crippen LogP contribution in [0.4, 0.5) is 0 Å². The van der Waals surface area contributed by atoms with E-state index in [1.54, 1.807) is 0 Å². The number of carbonyl (C=O) groups is 1. The quantitative estimate of drug-likeness (QED) is 0.600.